The Labute approximate surface area is 169 Å². The van der Waals surface area contributed by atoms with Crippen molar-refractivity contribution < 1.29 is 27.3 Å². The van der Waals surface area contributed by atoms with Crippen LogP contribution in [-0.4, -0.2) is 43.2 Å². The number of hydrogen-bond donors (Lipinski definition) is 3. The zero-order valence-electron chi connectivity index (χ0n) is 14.8. The lowest BCUT2D eigenvalue weighted by atomic mass is 10.1. The second kappa shape index (κ2) is 9.87. The summed E-state index contributed by atoms with van der Waals surface area (Å²) in [6, 6.07) is 4.03. The molecule has 0 aliphatic heterocycles. The number of Topliss-reactive ketones (excluding diaryl/α,β-unsaturated/α-hetero) is 1. The fourth-order valence-corrected chi connectivity index (χ4v) is 3.11. The predicted molar refractivity (Wildman–Crippen MR) is 103 cm³/mol. The topological polar surface area (TPSA) is 134 Å². The zero-order valence-corrected chi connectivity index (χ0v) is 17.2. The lowest BCUT2D eigenvalue weighted by Gasteiger charge is -2.05. The maximum atomic E-state index is 13.3. The lowest BCUT2D eigenvalue weighted by molar-refractivity contribution is -0.118. The van der Waals surface area contributed by atoms with Gasteiger partial charge in [0, 0.05) is 13.0 Å². The van der Waals surface area contributed by atoms with E-state index in [4.69, 9.17) is 4.52 Å². The Bertz CT molecular complexity index is 977. The van der Waals surface area contributed by atoms with E-state index in [-0.39, 0.29) is 46.7 Å². The van der Waals surface area contributed by atoms with Gasteiger partial charge in [0.1, 0.15) is 23.6 Å². The highest BCUT2D eigenvalue weighted by Gasteiger charge is 2.17. The maximum Gasteiger partial charge on any atom is 0.208 e. The van der Waals surface area contributed by atoms with Gasteiger partial charge in [-0.3, -0.25) is 15.5 Å². The Kier molecular flexibility index (Phi) is 7.80. The third kappa shape index (κ3) is 6.78. The van der Waals surface area contributed by atoms with Crippen molar-refractivity contribution in [2.24, 2.45) is 4.99 Å². The number of carbonyl (C=O) groups excluding carboxylic acids is 1. The minimum atomic E-state index is -3.30. The number of hydroxylamine groups is 1. The van der Waals surface area contributed by atoms with Gasteiger partial charge in [-0.05, 0) is 40.5 Å². The van der Waals surface area contributed by atoms with Gasteiger partial charge in [-0.2, -0.15) is 0 Å². The lowest BCUT2D eigenvalue weighted by Crippen LogP contribution is -2.24. The van der Waals surface area contributed by atoms with Gasteiger partial charge in [-0.1, -0.05) is 5.16 Å². The summed E-state index contributed by atoms with van der Waals surface area (Å²) in [6.07, 6.45) is 2.65. The highest BCUT2D eigenvalue weighted by molar-refractivity contribution is 9.10. The molecule has 2 rings (SSSR count). The highest BCUT2D eigenvalue weighted by Crippen LogP contribution is 2.23. The largest absolute Gasteiger partial charge is 0.364 e. The Morgan fingerprint density at radius 3 is 2.82 bits per heavy atom. The van der Waals surface area contributed by atoms with Crippen molar-refractivity contribution >= 4 is 43.3 Å². The molecule has 0 atom stereocenters. The smallest absolute Gasteiger partial charge is 0.208 e. The number of nitrogens with one attached hydrogen (secondary N) is 2. The van der Waals surface area contributed by atoms with Crippen LogP contribution in [0.4, 0.5) is 10.1 Å². The van der Waals surface area contributed by atoms with Gasteiger partial charge in [0.25, 0.3) is 0 Å². The first-order valence-electron chi connectivity index (χ1n) is 8.03. The summed E-state index contributed by atoms with van der Waals surface area (Å²) in [7, 11) is -3.30. The van der Waals surface area contributed by atoms with Crippen molar-refractivity contribution in [3.05, 3.63) is 46.0 Å². The van der Waals surface area contributed by atoms with E-state index in [1.165, 1.54) is 24.5 Å². The van der Waals surface area contributed by atoms with Crippen molar-refractivity contribution in [3.63, 3.8) is 0 Å². The van der Waals surface area contributed by atoms with E-state index in [2.05, 4.69) is 30.8 Å². The number of halogens is 2. The number of nitrogens with zero attached hydrogens (tertiary/aromatic N) is 2. The van der Waals surface area contributed by atoms with Crippen molar-refractivity contribution in [3.8, 4) is 0 Å². The minimum absolute atomic E-state index is 0.0266. The second-order valence-corrected chi connectivity index (χ2v) is 8.52. The van der Waals surface area contributed by atoms with Crippen LogP contribution in [0.3, 0.4) is 0 Å². The predicted octanol–water partition coefficient (Wildman–Crippen LogP) is 2.07. The van der Waals surface area contributed by atoms with Gasteiger partial charge in [0.2, 0.25) is 10.0 Å². The van der Waals surface area contributed by atoms with Crippen LogP contribution in [-0.2, 0) is 21.2 Å². The summed E-state index contributed by atoms with van der Waals surface area (Å²) in [5.41, 5.74) is 2.79. The number of amidine groups is 1. The molecule has 9 nitrogen and oxygen atoms in total. The first kappa shape index (κ1) is 22.1. The molecule has 1 heterocycles. The summed E-state index contributed by atoms with van der Waals surface area (Å²) < 4.78 is 42.7. The van der Waals surface area contributed by atoms with Crippen LogP contribution in [0.2, 0.25) is 0 Å². The second-order valence-electron chi connectivity index (χ2n) is 5.83. The molecule has 0 fully saturated rings. The summed E-state index contributed by atoms with van der Waals surface area (Å²) in [6.45, 7) is 0.153. The molecule has 1 aromatic heterocycles. The van der Waals surface area contributed by atoms with Crippen molar-refractivity contribution in [1.29, 1.82) is 0 Å². The van der Waals surface area contributed by atoms with Crippen molar-refractivity contribution in [2.45, 2.75) is 19.3 Å². The Balaban J connectivity index is 2.07. The first-order valence-corrected chi connectivity index (χ1v) is 10.7. The van der Waals surface area contributed by atoms with E-state index < -0.39 is 15.8 Å². The molecule has 0 bridgehead atoms. The normalized spacial score (nSPS) is 12.2. The monoisotopic (exact) mass is 476 g/mol. The molecule has 0 aliphatic carbocycles. The molecule has 0 aliphatic rings. The molecule has 0 saturated carbocycles. The average Bonchev–Trinajstić information content (AvgIpc) is 3.06. The number of aromatic nitrogens is 1. The summed E-state index contributed by atoms with van der Waals surface area (Å²) >= 11 is 3.05. The fourth-order valence-electron chi connectivity index (χ4n) is 2.23. The minimum Gasteiger partial charge on any atom is -0.364 e. The van der Waals surface area contributed by atoms with Crippen molar-refractivity contribution in [2.75, 3.05) is 12.8 Å². The quantitative estimate of drug-likeness (QED) is 0.218. The number of ketones is 1. The number of sulfonamides is 1. The summed E-state index contributed by atoms with van der Waals surface area (Å²) in [5.74, 6) is -0.673. The number of aliphatic imine (C=N–C) groups is 1. The van der Waals surface area contributed by atoms with E-state index in [1.807, 2.05) is 5.48 Å². The molecular weight excluding hydrogens is 459 g/mol. The van der Waals surface area contributed by atoms with Crippen LogP contribution in [0.15, 0.2) is 38.5 Å². The number of rotatable bonds is 9. The van der Waals surface area contributed by atoms with Gasteiger partial charge in [0.15, 0.2) is 5.84 Å². The van der Waals surface area contributed by atoms with Crippen LogP contribution in [0.5, 0.6) is 0 Å². The van der Waals surface area contributed by atoms with Crippen LogP contribution in [0, 0.1) is 5.82 Å². The zero-order chi connectivity index (χ0) is 20.7. The van der Waals surface area contributed by atoms with Gasteiger partial charge >= 0.3 is 0 Å². The van der Waals surface area contributed by atoms with Crippen LogP contribution in [0.25, 0.3) is 0 Å². The third-order valence-electron chi connectivity index (χ3n) is 3.51. The molecule has 0 saturated heterocycles. The summed E-state index contributed by atoms with van der Waals surface area (Å²) in [5, 5.41) is 13.2. The van der Waals surface area contributed by atoms with Gasteiger partial charge in [-0.25, -0.2) is 22.5 Å². The number of hydrogen-bond acceptors (Lipinski definition) is 7. The van der Waals surface area contributed by atoms with Gasteiger partial charge in [-0.15, -0.1) is 0 Å². The van der Waals surface area contributed by atoms with E-state index in [9.17, 15) is 22.8 Å². The van der Waals surface area contributed by atoms with E-state index in [1.54, 1.807) is 0 Å². The molecule has 0 unspecified atom stereocenters. The van der Waals surface area contributed by atoms with Crippen LogP contribution in [0.1, 0.15) is 24.1 Å². The molecule has 0 amide bonds. The van der Waals surface area contributed by atoms with E-state index in [0.29, 0.717) is 12.1 Å². The Hall–Kier alpha value is -2.15. The third-order valence-corrected chi connectivity index (χ3v) is 4.85. The van der Waals surface area contributed by atoms with E-state index in [0.717, 1.165) is 6.26 Å². The van der Waals surface area contributed by atoms with Crippen LogP contribution >= 0.6 is 15.9 Å². The first-order chi connectivity index (χ1) is 13.2. The van der Waals surface area contributed by atoms with Crippen LogP contribution < -0.4 is 10.2 Å². The molecule has 0 spiro atoms. The fraction of sp³-hybridized carbons (Fsp3) is 0.312. The van der Waals surface area contributed by atoms with Crippen molar-refractivity contribution in [1.82, 2.24) is 15.4 Å². The molecule has 2 aromatic rings. The van der Waals surface area contributed by atoms with Gasteiger partial charge in [0.05, 0.1) is 28.4 Å². The molecule has 3 N–H and O–H groups in total. The maximum absolute atomic E-state index is 13.3. The van der Waals surface area contributed by atoms with Gasteiger partial charge < -0.3 is 4.52 Å². The molecule has 1 aromatic carbocycles. The molecule has 28 heavy (non-hydrogen) atoms. The molecule has 152 valence electrons. The Morgan fingerprint density at radius 2 is 2.18 bits per heavy atom. The average molecular weight is 477 g/mol. The number of benzene rings is 1. The number of carbonyl (C=O) groups is 1. The van der Waals surface area contributed by atoms with E-state index >= 15 is 0 Å². The SMILES string of the molecule is CS(=O)(=O)NCCCC(=O)Cc1nocc1C(=Nc1ccc(F)c(Br)c1)NO. The molecule has 12 heteroatoms. The molecule has 0 radical (unpaired) electrons. The standard InChI is InChI=1S/C16H18BrFN4O5S/c1-28(25,26)19-6-2-3-11(23)8-15-12(9-27-22-15)16(21-24)20-10-4-5-14(18)13(17)7-10/h4-5,7,9,19,24H,2-3,6,8H2,1H3,(H,20,21). The highest BCUT2D eigenvalue weighted by atomic mass is 79.9. The summed E-state index contributed by atoms with van der Waals surface area (Å²) in [4.78, 5) is 16.3. The Morgan fingerprint density at radius 1 is 1.43 bits per heavy atom. The molecular formula is C16H18BrFN4O5S.